The molecule has 1 rings (SSSR count). The second-order valence-corrected chi connectivity index (χ2v) is 10.5. The highest BCUT2D eigenvalue weighted by atomic mass is 16.7. The van der Waals surface area contributed by atoms with Gasteiger partial charge in [-0.1, -0.05) is 118 Å². The zero-order chi connectivity index (χ0) is 22.7. The van der Waals surface area contributed by atoms with Crippen LogP contribution < -0.4 is 0 Å². The smallest absolute Gasteiger partial charge is 0.434 e. The maximum Gasteiger partial charge on any atom is 0.508 e. The van der Waals surface area contributed by atoms with Crippen LogP contribution in [0.25, 0.3) is 0 Å². The van der Waals surface area contributed by atoms with E-state index in [1.165, 1.54) is 89.9 Å². The molecule has 0 aromatic rings. The Morgan fingerprint density at radius 2 is 1.26 bits per heavy atom. The average Bonchev–Trinajstić information content (AvgIpc) is 2.74. The molecule has 1 saturated carbocycles. The Kier molecular flexibility index (Phi) is 17.2. The van der Waals surface area contributed by atoms with E-state index in [1.807, 2.05) is 0 Å². The minimum Gasteiger partial charge on any atom is -0.434 e. The van der Waals surface area contributed by atoms with E-state index in [9.17, 15) is 4.79 Å². The molecule has 0 radical (unpaired) electrons. The summed E-state index contributed by atoms with van der Waals surface area (Å²) in [5, 5.41) is 0. The van der Waals surface area contributed by atoms with Gasteiger partial charge in [0.1, 0.15) is 6.10 Å². The first-order chi connectivity index (χ1) is 15.0. The largest absolute Gasteiger partial charge is 0.508 e. The third-order valence-corrected chi connectivity index (χ3v) is 7.32. The monoisotopic (exact) mass is 438 g/mol. The number of carbonyl (C=O) groups excluding carboxylic acids is 1. The fourth-order valence-corrected chi connectivity index (χ4v) is 4.87. The normalized spacial score (nSPS) is 21.4. The van der Waals surface area contributed by atoms with Crippen molar-refractivity contribution in [3.8, 4) is 0 Å². The quantitative estimate of drug-likeness (QED) is 0.158. The van der Waals surface area contributed by atoms with Gasteiger partial charge in [0.15, 0.2) is 0 Å². The Balaban J connectivity index is 1.87. The Morgan fingerprint density at radius 1 is 0.774 bits per heavy atom. The maximum atomic E-state index is 12.0. The summed E-state index contributed by atoms with van der Waals surface area (Å²) in [7, 11) is 0. The maximum absolute atomic E-state index is 12.0. The first-order valence-corrected chi connectivity index (χ1v) is 13.9. The van der Waals surface area contributed by atoms with Crippen molar-refractivity contribution in [3.05, 3.63) is 0 Å². The van der Waals surface area contributed by atoms with Gasteiger partial charge in [-0.25, -0.2) is 4.79 Å². The van der Waals surface area contributed by atoms with Crippen LogP contribution in [0.3, 0.4) is 0 Å². The van der Waals surface area contributed by atoms with Gasteiger partial charge in [-0.2, -0.15) is 0 Å². The summed E-state index contributed by atoms with van der Waals surface area (Å²) in [6, 6.07) is 0. The number of unbranched alkanes of at least 4 members (excludes halogenated alkanes) is 14. The van der Waals surface area contributed by atoms with Crippen LogP contribution in [0.5, 0.6) is 0 Å². The summed E-state index contributed by atoms with van der Waals surface area (Å²) in [4.78, 5) is 12.0. The number of rotatable bonds is 18. The van der Waals surface area contributed by atoms with E-state index in [-0.39, 0.29) is 6.10 Å². The van der Waals surface area contributed by atoms with E-state index in [4.69, 9.17) is 9.47 Å². The van der Waals surface area contributed by atoms with Crippen LogP contribution in [-0.2, 0) is 9.47 Å². The van der Waals surface area contributed by atoms with Gasteiger partial charge >= 0.3 is 6.16 Å². The van der Waals surface area contributed by atoms with Crippen LogP contribution in [0.4, 0.5) is 4.79 Å². The highest BCUT2D eigenvalue weighted by molar-refractivity contribution is 5.60. The Labute approximate surface area is 194 Å². The molecule has 31 heavy (non-hydrogen) atoms. The van der Waals surface area contributed by atoms with E-state index < -0.39 is 6.16 Å². The molecule has 1 aliphatic carbocycles. The van der Waals surface area contributed by atoms with Crippen LogP contribution >= 0.6 is 0 Å². The van der Waals surface area contributed by atoms with Crippen molar-refractivity contribution in [2.45, 2.75) is 149 Å². The van der Waals surface area contributed by atoms with Crippen LogP contribution in [0.2, 0.25) is 0 Å². The summed E-state index contributed by atoms with van der Waals surface area (Å²) in [6.07, 6.45) is 23.2. The van der Waals surface area contributed by atoms with Gasteiger partial charge in [-0.3, -0.25) is 0 Å². The third kappa shape index (κ3) is 14.9. The molecule has 0 saturated heterocycles. The zero-order valence-corrected chi connectivity index (χ0v) is 21.5. The lowest BCUT2D eigenvalue weighted by Gasteiger charge is -2.35. The molecule has 0 aromatic carbocycles. The lowest BCUT2D eigenvalue weighted by molar-refractivity contribution is -0.0239. The highest BCUT2D eigenvalue weighted by Crippen LogP contribution is 2.35. The van der Waals surface area contributed by atoms with E-state index in [0.29, 0.717) is 24.4 Å². The zero-order valence-electron chi connectivity index (χ0n) is 21.5. The molecule has 0 amide bonds. The van der Waals surface area contributed by atoms with Gasteiger partial charge in [-0.05, 0) is 43.4 Å². The van der Waals surface area contributed by atoms with Gasteiger partial charge < -0.3 is 9.47 Å². The Morgan fingerprint density at radius 3 is 1.74 bits per heavy atom. The van der Waals surface area contributed by atoms with E-state index >= 15 is 0 Å². The summed E-state index contributed by atoms with van der Waals surface area (Å²) < 4.78 is 11.0. The molecule has 0 bridgehead atoms. The molecule has 3 heteroatoms. The molecule has 3 atom stereocenters. The molecular formula is C28H54O3. The second kappa shape index (κ2) is 18.8. The molecule has 1 aliphatic rings. The number of hydrogen-bond acceptors (Lipinski definition) is 3. The first kappa shape index (κ1) is 28.3. The average molecular weight is 439 g/mol. The van der Waals surface area contributed by atoms with Crippen LogP contribution in [-0.4, -0.2) is 18.9 Å². The van der Waals surface area contributed by atoms with Crippen molar-refractivity contribution >= 4 is 6.16 Å². The highest BCUT2D eigenvalue weighted by Gasteiger charge is 2.32. The molecular weight excluding hydrogens is 384 g/mol. The minimum atomic E-state index is -0.452. The van der Waals surface area contributed by atoms with Gasteiger partial charge in [0.05, 0.1) is 6.61 Å². The molecule has 0 spiro atoms. The standard InChI is InChI=1S/C28H54O3/c1-5-6-7-8-9-10-11-12-13-14-15-16-17-18-19-22-30-28(29)31-27-23-26(24(2)3)21-20-25(27)4/h24-27H,5-23H2,1-4H3. The molecule has 0 heterocycles. The van der Waals surface area contributed by atoms with Crippen LogP contribution in [0.15, 0.2) is 0 Å². The van der Waals surface area contributed by atoms with Crippen molar-refractivity contribution in [2.24, 2.45) is 17.8 Å². The van der Waals surface area contributed by atoms with Crippen LogP contribution in [0, 0.1) is 17.8 Å². The summed E-state index contributed by atoms with van der Waals surface area (Å²) in [6.45, 7) is 9.53. The lowest BCUT2D eigenvalue weighted by atomic mass is 9.76. The van der Waals surface area contributed by atoms with Crippen molar-refractivity contribution < 1.29 is 14.3 Å². The van der Waals surface area contributed by atoms with E-state index in [0.717, 1.165) is 25.7 Å². The van der Waals surface area contributed by atoms with Crippen molar-refractivity contribution in [3.63, 3.8) is 0 Å². The molecule has 0 aliphatic heterocycles. The van der Waals surface area contributed by atoms with Gasteiger partial charge in [0.25, 0.3) is 0 Å². The number of ether oxygens (including phenoxy) is 2. The SMILES string of the molecule is CCCCCCCCCCCCCCCCCOC(=O)OC1CC(C(C)C)CCC1C. The predicted octanol–water partition coefficient (Wildman–Crippen LogP) is 9.47. The summed E-state index contributed by atoms with van der Waals surface area (Å²) in [5.41, 5.74) is 0. The predicted molar refractivity (Wildman–Crippen MR) is 132 cm³/mol. The number of hydrogen-bond donors (Lipinski definition) is 0. The second-order valence-electron chi connectivity index (χ2n) is 10.5. The summed E-state index contributed by atoms with van der Waals surface area (Å²) in [5.74, 6) is 1.79. The molecule has 3 unspecified atom stereocenters. The van der Waals surface area contributed by atoms with E-state index in [1.54, 1.807) is 0 Å². The van der Waals surface area contributed by atoms with Crippen LogP contribution in [0.1, 0.15) is 143 Å². The Bertz CT molecular complexity index is 420. The fraction of sp³-hybridized carbons (Fsp3) is 0.964. The van der Waals surface area contributed by atoms with Gasteiger partial charge in [-0.15, -0.1) is 0 Å². The Hall–Kier alpha value is -0.730. The topological polar surface area (TPSA) is 35.5 Å². The third-order valence-electron chi connectivity index (χ3n) is 7.32. The van der Waals surface area contributed by atoms with E-state index in [2.05, 4.69) is 27.7 Å². The lowest BCUT2D eigenvalue weighted by Crippen LogP contribution is -2.34. The van der Waals surface area contributed by atoms with Crippen molar-refractivity contribution in [2.75, 3.05) is 6.61 Å². The molecule has 184 valence electrons. The molecule has 0 aromatic heterocycles. The molecule has 1 fully saturated rings. The van der Waals surface area contributed by atoms with Gasteiger partial charge in [0.2, 0.25) is 0 Å². The van der Waals surface area contributed by atoms with Gasteiger partial charge in [0, 0.05) is 0 Å². The first-order valence-electron chi connectivity index (χ1n) is 13.9. The van der Waals surface area contributed by atoms with Crippen molar-refractivity contribution in [1.29, 1.82) is 0 Å². The minimum absolute atomic E-state index is 0.0368. The number of carbonyl (C=O) groups is 1. The summed E-state index contributed by atoms with van der Waals surface area (Å²) >= 11 is 0. The molecule has 3 nitrogen and oxygen atoms in total. The van der Waals surface area contributed by atoms with Crippen molar-refractivity contribution in [1.82, 2.24) is 0 Å². The fourth-order valence-electron chi connectivity index (χ4n) is 4.87. The molecule has 0 N–H and O–H groups in total.